The molecule has 0 heterocycles. The van der Waals surface area contributed by atoms with Gasteiger partial charge in [0.25, 0.3) is 5.91 Å². The fourth-order valence-corrected chi connectivity index (χ4v) is 1.88. The van der Waals surface area contributed by atoms with Crippen molar-refractivity contribution in [2.24, 2.45) is 0 Å². The van der Waals surface area contributed by atoms with Gasteiger partial charge in [-0.25, -0.2) is 15.2 Å². The molecule has 0 saturated carbocycles. The number of carbonyl (C=O) groups is 2. The third kappa shape index (κ3) is 3.73. The van der Waals surface area contributed by atoms with Crippen LogP contribution in [-0.2, 0) is 4.74 Å². The summed E-state index contributed by atoms with van der Waals surface area (Å²) in [6.07, 6.45) is -0.751. The van der Waals surface area contributed by atoms with Crippen molar-refractivity contribution in [3.8, 4) is 0 Å². The van der Waals surface area contributed by atoms with Crippen molar-refractivity contribution in [3.63, 3.8) is 0 Å². The summed E-state index contributed by atoms with van der Waals surface area (Å²) in [6, 6.07) is 15.2. The highest BCUT2D eigenvalue weighted by Gasteiger charge is 2.20. The molecule has 2 aromatic carbocycles. The number of nitrogens with one attached hydrogen (secondary N) is 1. The van der Waals surface area contributed by atoms with Crippen LogP contribution in [0.5, 0.6) is 0 Å². The summed E-state index contributed by atoms with van der Waals surface area (Å²) in [5.41, 5.74) is 3.23. The molecule has 21 heavy (non-hydrogen) atoms. The lowest BCUT2D eigenvalue weighted by atomic mass is 10.2. The van der Waals surface area contributed by atoms with Crippen molar-refractivity contribution in [1.82, 2.24) is 5.43 Å². The van der Waals surface area contributed by atoms with Gasteiger partial charge in [0, 0.05) is 10.6 Å². The predicted octanol–water partition coefficient (Wildman–Crippen LogP) is 3.26. The Morgan fingerprint density at radius 2 is 1.81 bits per heavy atom. The van der Waals surface area contributed by atoms with Crippen LogP contribution >= 0.6 is 11.6 Å². The molecule has 0 bridgehead atoms. The van der Waals surface area contributed by atoms with Crippen LogP contribution in [0.25, 0.3) is 0 Å². The first-order chi connectivity index (χ1) is 10.1. The maximum atomic E-state index is 12.5. The van der Waals surface area contributed by atoms with E-state index in [0.29, 0.717) is 16.3 Å². The number of rotatable bonds is 2. The molecule has 0 aromatic heterocycles. The Hall–Kier alpha value is -2.53. The summed E-state index contributed by atoms with van der Waals surface area (Å²) in [5.74, 6) is -0.400. The number of benzene rings is 2. The van der Waals surface area contributed by atoms with Gasteiger partial charge < -0.3 is 4.74 Å². The fraction of sp³-hybridized carbons (Fsp3) is 0.0667. The van der Waals surface area contributed by atoms with E-state index in [1.165, 1.54) is 7.11 Å². The standard InChI is InChI=1S/C15H13ClN2O3/c1-21-15(20)17-18(13-9-5-8-12(16)10-13)14(19)11-6-3-2-4-7-11/h2-10H,1H3,(H,17,20). The minimum atomic E-state index is -0.751. The third-order valence-corrected chi connectivity index (χ3v) is 2.91. The topological polar surface area (TPSA) is 58.6 Å². The molecule has 0 aliphatic rings. The molecule has 2 amide bonds. The Labute approximate surface area is 127 Å². The Morgan fingerprint density at radius 1 is 1.10 bits per heavy atom. The van der Waals surface area contributed by atoms with Crippen molar-refractivity contribution in [1.29, 1.82) is 0 Å². The number of nitrogens with zero attached hydrogens (tertiary/aromatic N) is 1. The molecular weight excluding hydrogens is 292 g/mol. The number of halogens is 1. The van der Waals surface area contributed by atoms with Crippen LogP contribution in [0, 0.1) is 0 Å². The van der Waals surface area contributed by atoms with Gasteiger partial charge in [0.2, 0.25) is 0 Å². The van der Waals surface area contributed by atoms with Crippen LogP contribution in [0.3, 0.4) is 0 Å². The second-order valence-electron chi connectivity index (χ2n) is 4.09. The van der Waals surface area contributed by atoms with Crippen molar-refractivity contribution >= 4 is 29.3 Å². The molecule has 2 rings (SSSR count). The number of carbonyl (C=O) groups excluding carboxylic acids is 2. The molecule has 1 N–H and O–H groups in total. The van der Waals surface area contributed by atoms with E-state index in [4.69, 9.17) is 11.6 Å². The average Bonchev–Trinajstić information content (AvgIpc) is 2.52. The Kier molecular flexibility index (Phi) is 4.79. The van der Waals surface area contributed by atoms with E-state index in [-0.39, 0.29) is 0 Å². The first-order valence-corrected chi connectivity index (χ1v) is 6.49. The van der Waals surface area contributed by atoms with Gasteiger partial charge in [-0.05, 0) is 30.3 Å². The highest BCUT2D eigenvalue weighted by atomic mass is 35.5. The highest BCUT2D eigenvalue weighted by Crippen LogP contribution is 2.20. The summed E-state index contributed by atoms with van der Waals surface area (Å²) in [4.78, 5) is 24.0. The van der Waals surface area contributed by atoms with Gasteiger partial charge >= 0.3 is 6.09 Å². The normalized spacial score (nSPS) is 9.81. The molecule has 2 aromatic rings. The van der Waals surface area contributed by atoms with Crippen LogP contribution in [0.1, 0.15) is 10.4 Å². The summed E-state index contributed by atoms with van der Waals surface area (Å²) in [5, 5.41) is 1.54. The van der Waals surface area contributed by atoms with Crippen LogP contribution in [0.15, 0.2) is 54.6 Å². The zero-order chi connectivity index (χ0) is 15.2. The first-order valence-electron chi connectivity index (χ1n) is 6.11. The molecule has 0 aliphatic heterocycles. The van der Waals surface area contributed by atoms with Crippen LogP contribution in [-0.4, -0.2) is 19.1 Å². The second kappa shape index (κ2) is 6.76. The summed E-state index contributed by atoms with van der Waals surface area (Å²) >= 11 is 5.93. The minimum absolute atomic E-state index is 0.400. The largest absolute Gasteiger partial charge is 0.452 e. The van der Waals surface area contributed by atoms with Gasteiger partial charge in [-0.1, -0.05) is 35.9 Å². The molecule has 0 radical (unpaired) electrons. The monoisotopic (exact) mass is 304 g/mol. The van der Waals surface area contributed by atoms with E-state index < -0.39 is 12.0 Å². The maximum Gasteiger partial charge on any atom is 0.426 e. The molecular formula is C15H13ClN2O3. The van der Waals surface area contributed by atoms with Gasteiger partial charge in [0.1, 0.15) is 0 Å². The summed E-state index contributed by atoms with van der Waals surface area (Å²) < 4.78 is 4.54. The fourth-order valence-electron chi connectivity index (χ4n) is 1.69. The van der Waals surface area contributed by atoms with Crippen molar-refractivity contribution < 1.29 is 14.3 Å². The van der Waals surface area contributed by atoms with E-state index >= 15 is 0 Å². The average molecular weight is 305 g/mol. The molecule has 5 nitrogen and oxygen atoms in total. The van der Waals surface area contributed by atoms with Gasteiger partial charge in [0.05, 0.1) is 12.8 Å². The van der Waals surface area contributed by atoms with Gasteiger partial charge in [-0.3, -0.25) is 4.79 Å². The van der Waals surface area contributed by atoms with Gasteiger partial charge in [-0.15, -0.1) is 0 Å². The van der Waals surface area contributed by atoms with Crippen molar-refractivity contribution in [2.45, 2.75) is 0 Å². The quantitative estimate of drug-likeness (QED) is 0.866. The van der Waals surface area contributed by atoms with Crippen LogP contribution in [0.4, 0.5) is 10.5 Å². The highest BCUT2D eigenvalue weighted by molar-refractivity contribution is 6.31. The third-order valence-electron chi connectivity index (χ3n) is 2.68. The number of methoxy groups -OCH3 is 1. The number of hydrogen-bond acceptors (Lipinski definition) is 3. The lowest BCUT2D eigenvalue weighted by Gasteiger charge is -2.22. The molecule has 0 spiro atoms. The number of hydrogen-bond donors (Lipinski definition) is 1. The predicted molar refractivity (Wildman–Crippen MR) is 80.2 cm³/mol. The summed E-state index contributed by atoms with van der Waals surface area (Å²) in [7, 11) is 1.22. The molecule has 0 fully saturated rings. The smallest absolute Gasteiger partial charge is 0.426 e. The minimum Gasteiger partial charge on any atom is -0.452 e. The molecule has 0 aliphatic carbocycles. The van der Waals surface area contributed by atoms with Crippen LogP contribution in [0.2, 0.25) is 5.02 Å². The molecule has 0 atom stereocenters. The Balaban J connectivity index is 2.36. The first kappa shape index (κ1) is 14.9. The molecule has 0 unspecified atom stereocenters. The SMILES string of the molecule is COC(=O)NN(C(=O)c1ccccc1)c1cccc(Cl)c1. The molecule has 0 saturated heterocycles. The zero-order valence-corrected chi connectivity index (χ0v) is 12.0. The number of hydrazine groups is 1. The molecule has 108 valence electrons. The van der Waals surface area contributed by atoms with E-state index in [9.17, 15) is 9.59 Å². The Morgan fingerprint density at radius 3 is 2.43 bits per heavy atom. The maximum absolute atomic E-state index is 12.5. The van der Waals surface area contributed by atoms with E-state index in [2.05, 4.69) is 10.2 Å². The lowest BCUT2D eigenvalue weighted by molar-refractivity contribution is 0.0965. The summed E-state index contributed by atoms with van der Waals surface area (Å²) in [6.45, 7) is 0. The Bertz CT molecular complexity index is 646. The lowest BCUT2D eigenvalue weighted by Crippen LogP contribution is -2.46. The van der Waals surface area contributed by atoms with Gasteiger partial charge in [0.15, 0.2) is 0 Å². The van der Waals surface area contributed by atoms with Gasteiger partial charge in [-0.2, -0.15) is 0 Å². The van der Waals surface area contributed by atoms with E-state index in [0.717, 1.165) is 5.01 Å². The van der Waals surface area contributed by atoms with E-state index in [1.54, 1.807) is 54.6 Å². The number of anilines is 1. The van der Waals surface area contributed by atoms with Crippen molar-refractivity contribution in [3.05, 3.63) is 65.2 Å². The zero-order valence-electron chi connectivity index (χ0n) is 11.2. The number of ether oxygens (including phenoxy) is 1. The second-order valence-corrected chi connectivity index (χ2v) is 4.53. The number of amides is 2. The molecule has 6 heteroatoms. The van der Waals surface area contributed by atoms with Crippen molar-refractivity contribution in [2.75, 3.05) is 12.1 Å². The van der Waals surface area contributed by atoms with E-state index in [1.807, 2.05) is 0 Å². The van der Waals surface area contributed by atoms with Crippen LogP contribution < -0.4 is 10.4 Å².